The Morgan fingerprint density at radius 3 is 2.97 bits per heavy atom. The monoisotopic (exact) mass is 454 g/mol. The van der Waals surface area contributed by atoms with E-state index in [1.165, 1.54) is 12.5 Å². The molecule has 0 bridgehead atoms. The second-order valence-corrected chi connectivity index (χ2v) is 8.32. The van der Waals surface area contributed by atoms with E-state index < -0.39 is 0 Å². The van der Waals surface area contributed by atoms with Crippen LogP contribution in [0.1, 0.15) is 53.5 Å². The third-order valence-corrected chi connectivity index (χ3v) is 5.70. The van der Waals surface area contributed by atoms with E-state index in [0.717, 1.165) is 29.5 Å². The summed E-state index contributed by atoms with van der Waals surface area (Å²) in [5, 5.41) is 16.8. The van der Waals surface area contributed by atoms with Gasteiger partial charge < -0.3 is 19.6 Å². The van der Waals surface area contributed by atoms with Gasteiger partial charge in [-0.2, -0.15) is 10.2 Å². The van der Waals surface area contributed by atoms with Gasteiger partial charge in [-0.1, -0.05) is 23.4 Å². The average molecular weight is 454 g/mol. The molecule has 0 fully saturated rings. The number of aromatic nitrogens is 4. The highest BCUT2D eigenvalue weighted by molar-refractivity contribution is 5.92. The van der Waals surface area contributed by atoms with Crippen LogP contribution in [0.5, 0.6) is 5.75 Å². The number of ether oxygens (including phenoxy) is 1. The minimum atomic E-state index is -0.194. The molecule has 1 amide bonds. The van der Waals surface area contributed by atoms with Crippen LogP contribution in [0.4, 0.5) is 0 Å². The first-order valence-corrected chi connectivity index (χ1v) is 11.0. The summed E-state index contributed by atoms with van der Waals surface area (Å²) in [6, 6.07) is 13.2. The van der Waals surface area contributed by atoms with Crippen molar-refractivity contribution in [3.63, 3.8) is 0 Å². The molecular formula is C25H22N6O3. The molecule has 9 nitrogen and oxygen atoms in total. The van der Waals surface area contributed by atoms with Crippen LogP contribution in [0.2, 0.25) is 0 Å². The molecule has 34 heavy (non-hydrogen) atoms. The summed E-state index contributed by atoms with van der Waals surface area (Å²) in [4.78, 5) is 23.8. The molecule has 1 aliphatic carbocycles. The van der Waals surface area contributed by atoms with E-state index in [9.17, 15) is 10.1 Å². The zero-order chi connectivity index (χ0) is 23.7. The first-order valence-electron chi connectivity index (χ1n) is 11.0. The molecule has 0 unspecified atom stereocenters. The van der Waals surface area contributed by atoms with Gasteiger partial charge in [0.25, 0.3) is 11.8 Å². The lowest BCUT2D eigenvalue weighted by molar-refractivity contribution is 0.0932. The Labute approximate surface area is 195 Å². The van der Waals surface area contributed by atoms with Crippen LogP contribution in [0, 0.1) is 11.3 Å². The van der Waals surface area contributed by atoms with Crippen LogP contribution in [0.15, 0.2) is 53.4 Å². The first kappa shape index (κ1) is 21.4. The fourth-order valence-corrected chi connectivity index (χ4v) is 4.19. The molecule has 4 aromatic rings. The molecule has 9 heteroatoms. The fourth-order valence-electron chi connectivity index (χ4n) is 4.19. The van der Waals surface area contributed by atoms with Crippen molar-refractivity contribution in [2.45, 2.75) is 38.8 Å². The molecule has 2 aromatic heterocycles. The number of rotatable bonds is 6. The number of hydrogen-bond acceptors (Lipinski definition) is 7. The summed E-state index contributed by atoms with van der Waals surface area (Å²) in [6.07, 6.45) is 4.50. The van der Waals surface area contributed by atoms with Gasteiger partial charge in [-0.05, 0) is 56.0 Å². The number of benzene rings is 2. The van der Waals surface area contributed by atoms with Crippen molar-refractivity contribution < 1.29 is 14.1 Å². The molecule has 1 aliphatic rings. The van der Waals surface area contributed by atoms with Crippen molar-refractivity contribution >= 4 is 5.91 Å². The number of nitrogens with zero attached hydrogens (tertiary/aromatic N) is 4. The molecule has 0 aliphatic heterocycles. The molecule has 5 rings (SSSR count). The number of H-pyrrole nitrogens is 1. The molecule has 0 saturated carbocycles. The van der Waals surface area contributed by atoms with Crippen LogP contribution in [-0.4, -0.2) is 32.1 Å². The number of amides is 1. The minimum Gasteiger partial charge on any atom is -0.490 e. The second-order valence-electron chi connectivity index (χ2n) is 8.32. The SMILES string of the molecule is CC(C)Oc1ccc(-c2nc(-c3cccc4c3CC[C@@H]4NC(=O)c3cnc[nH]3)no2)cc1C#N. The standard InChI is InChI=1S/C25H22N6O3/c1-14(2)33-22-9-6-15(10-16(22)11-26)25-30-23(31-34-25)19-5-3-4-18-17(19)7-8-20(18)29-24(32)21-12-27-13-28-21/h3-6,9-10,12-14,20H,7-8H2,1-2H3,(H,27,28)(H,29,32)/t20-/m0/s1. The third-order valence-electron chi connectivity index (χ3n) is 5.70. The topological polar surface area (TPSA) is 130 Å². The first-order chi connectivity index (χ1) is 16.5. The Bertz CT molecular complexity index is 1380. The Balaban J connectivity index is 1.41. The molecule has 1 atom stereocenters. The zero-order valence-electron chi connectivity index (χ0n) is 18.7. The van der Waals surface area contributed by atoms with E-state index in [-0.39, 0.29) is 18.1 Å². The van der Waals surface area contributed by atoms with Crippen LogP contribution >= 0.6 is 0 Å². The Morgan fingerprint density at radius 2 is 2.21 bits per heavy atom. The smallest absolute Gasteiger partial charge is 0.269 e. The average Bonchev–Trinajstić information content (AvgIpc) is 3.60. The van der Waals surface area contributed by atoms with Gasteiger partial charge in [0.1, 0.15) is 17.5 Å². The molecule has 0 spiro atoms. The predicted molar refractivity (Wildman–Crippen MR) is 123 cm³/mol. The largest absolute Gasteiger partial charge is 0.490 e. The number of fused-ring (bicyclic) bond motifs is 1. The highest BCUT2D eigenvalue weighted by Gasteiger charge is 2.28. The second kappa shape index (κ2) is 8.83. The maximum atomic E-state index is 12.5. The van der Waals surface area contributed by atoms with Gasteiger partial charge in [0.2, 0.25) is 5.82 Å². The molecule has 0 saturated heterocycles. The number of carbonyl (C=O) groups excluding carboxylic acids is 1. The van der Waals surface area contributed by atoms with Crippen LogP contribution in [0.3, 0.4) is 0 Å². The van der Waals surface area contributed by atoms with Gasteiger partial charge in [-0.15, -0.1) is 0 Å². The highest BCUT2D eigenvalue weighted by atomic mass is 16.5. The lowest BCUT2D eigenvalue weighted by atomic mass is 10.0. The van der Waals surface area contributed by atoms with Crippen LogP contribution < -0.4 is 10.1 Å². The van der Waals surface area contributed by atoms with E-state index in [0.29, 0.717) is 34.3 Å². The third kappa shape index (κ3) is 4.01. The van der Waals surface area contributed by atoms with Crippen LogP contribution in [0.25, 0.3) is 22.8 Å². The van der Waals surface area contributed by atoms with Gasteiger partial charge in [0, 0.05) is 11.1 Å². The van der Waals surface area contributed by atoms with Crippen molar-refractivity contribution in [1.82, 2.24) is 25.4 Å². The van der Waals surface area contributed by atoms with E-state index in [4.69, 9.17) is 9.26 Å². The summed E-state index contributed by atoms with van der Waals surface area (Å²) in [5.41, 5.74) is 4.47. The number of imidazole rings is 1. The Hall–Kier alpha value is -4.45. The van der Waals surface area contributed by atoms with Crippen molar-refractivity contribution in [1.29, 1.82) is 5.26 Å². The number of nitrogens with one attached hydrogen (secondary N) is 2. The number of nitriles is 1. The quantitative estimate of drug-likeness (QED) is 0.446. The van der Waals surface area contributed by atoms with E-state index >= 15 is 0 Å². The zero-order valence-corrected chi connectivity index (χ0v) is 18.7. The van der Waals surface area contributed by atoms with Gasteiger partial charge in [0.05, 0.1) is 30.2 Å². The van der Waals surface area contributed by atoms with E-state index in [1.54, 1.807) is 18.2 Å². The fraction of sp³-hybridized carbons (Fsp3) is 0.240. The normalized spacial score (nSPS) is 14.6. The van der Waals surface area contributed by atoms with Crippen molar-refractivity contribution in [2.75, 3.05) is 0 Å². The summed E-state index contributed by atoms with van der Waals surface area (Å²) in [5.74, 6) is 1.11. The lowest BCUT2D eigenvalue weighted by Gasteiger charge is -2.14. The summed E-state index contributed by atoms with van der Waals surface area (Å²) >= 11 is 0. The number of carbonyl (C=O) groups is 1. The van der Waals surface area contributed by atoms with Gasteiger partial charge in [-0.25, -0.2) is 4.98 Å². The van der Waals surface area contributed by atoms with Crippen molar-refractivity contribution in [3.8, 4) is 34.7 Å². The van der Waals surface area contributed by atoms with Crippen LogP contribution in [-0.2, 0) is 6.42 Å². The van der Waals surface area contributed by atoms with Gasteiger partial charge >= 0.3 is 0 Å². The van der Waals surface area contributed by atoms with E-state index in [1.807, 2.05) is 32.0 Å². The summed E-state index contributed by atoms with van der Waals surface area (Å²) in [7, 11) is 0. The molecular weight excluding hydrogens is 432 g/mol. The van der Waals surface area contributed by atoms with E-state index in [2.05, 4.69) is 31.5 Å². The molecule has 0 radical (unpaired) electrons. The molecule has 2 heterocycles. The maximum Gasteiger partial charge on any atom is 0.269 e. The lowest BCUT2D eigenvalue weighted by Crippen LogP contribution is -2.27. The predicted octanol–water partition coefficient (Wildman–Crippen LogP) is 4.20. The van der Waals surface area contributed by atoms with Gasteiger partial charge in [-0.3, -0.25) is 4.79 Å². The molecule has 2 aromatic carbocycles. The maximum absolute atomic E-state index is 12.5. The van der Waals surface area contributed by atoms with Crippen molar-refractivity contribution in [3.05, 3.63) is 71.3 Å². The highest BCUT2D eigenvalue weighted by Crippen LogP contribution is 2.37. The summed E-state index contributed by atoms with van der Waals surface area (Å²) < 4.78 is 11.2. The number of aromatic amines is 1. The van der Waals surface area contributed by atoms with Gasteiger partial charge in [0.15, 0.2) is 0 Å². The minimum absolute atomic E-state index is 0.0405. The number of hydrogen-bond donors (Lipinski definition) is 2. The Morgan fingerprint density at radius 1 is 1.32 bits per heavy atom. The Kier molecular flexibility index (Phi) is 5.55. The molecule has 2 N–H and O–H groups in total. The molecule has 170 valence electrons. The van der Waals surface area contributed by atoms with Crippen molar-refractivity contribution in [2.24, 2.45) is 0 Å². The summed E-state index contributed by atoms with van der Waals surface area (Å²) in [6.45, 7) is 3.82.